The highest BCUT2D eigenvalue weighted by Crippen LogP contribution is 2.25. The minimum Gasteiger partial charge on any atom is -0.306 e. The Labute approximate surface area is 130 Å². The van der Waals surface area contributed by atoms with E-state index in [1.807, 2.05) is 10.9 Å². The average molecular weight is 307 g/mol. The lowest BCUT2D eigenvalue weighted by Crippen LogP contribution is -2.35. The molecule has 0 spiro atoms. The zero-order chi connectivity index (χ0) is 15.7. The summed E-state index contributed by atoms with van der Waals surface area (Å²) in [6.45, 7) is 14.4. The summed E-state index contributed by atoms with van der Waals surface area (Å²) in [6.07, 6.45) is 1.98. The van der Waals surface area contributed by atoms with Crippen molar-refractivity contribution in [1.82, 2.24) is 25.3 Å². The molecule has 5 nitrogen and oxygen atoms in total. The van der Waals surface area contributed by atoms with Crippen LogP contribution < -0.4 is 5.32 Å². The van der Waals surface area contributed by atoms with Crippen molar-refractivity contribution >= 4 is 11.3 Å². The lowest BCUT2D eigenvalue weighted by molar-refractivity contribution is 0.421. The lowest BCUT2D eigenvalue weighted by Gasteiger charge is -2.19. The van der Waals surface area contributed by atoms with Crippen LogP contribution in [0.25, 0.3) is 0 Å². The van der Waals surface area contributed by atoms with Crippen molar-refractivity contribution in [1.29, 1.82) is 0 Å². The van der Waals surface area contributed by atoms with E-state index in [1.165, 1.54) is 0 Å². The Balaban J connectivity index is 1.98. The summed E-state index contributed by atoms with van der Waals surface area (Å²) in [5.74, 6) is 0. The van der Waals surface area contributed by atoms with Crippen LogP contribution in [-0.2, 0) is 18.5 Å². The molecule has 1 N–H and O–H groups in total. The zero-order valence-corrected chi connectivity index (χ0v) is 14.6. The molecule has 0 unspecified atom stereocenters. The van der Waals surface area contributed by atoms with Crippen molar-refractivity contribution in [3.05, 3.63) is 28.0 Å². The van der Waals surface area contributed by atoms with E-state index < -0.39 is 0 Å². The molecule has 116 valence electrons. The van der Waals surface area contributed by atoms with Crippen LogP contribution in [0.3, 0.4) is 0 Å². The molecule has 6 heteroatoms. The predicted octanol–water partition coefficient (Wildman–Crippen LogP) is 2.97. The molecule has 2 aromatic heterocycles. The van der Waals surface area contributed by atoms with Crippen LogP contribution >= 0.6 is 11.3 Å². The molecular formula is C15H25N5S. The van der Waals surface area contributed by atoms with Crippen molar-refractivity contribution in [3.8, 4) is 0 Å². The molecule has 0 bridgehead atoms. The molecule has 0 saturated heterocycles. The molecule has 0 saturated carbocycles. The number of aromatic nitrogens is 4. The van der Waals surface area contributed by atoms with E-state index in [2.05, 4.69) is 67.5 Å². The third-order valence-electron chi connectivity index (χ3n) is 2.90. The van der Waals surface area contributed by atoms with Crippen molar-refractivity contribution in [2.45, 2.75) is 65.6 Å². The predicted molar refractivity (Wildman–Crippen MR) is 86.5 cm³/mol. The van der Waals surface area contributed by atoms with Gasteiger partial charge in [-0.15, -0.1) is 16.4 Å². The topological polar surface area (TPSA) is 55.6 Å². The summed E-state index contributed by atoms with van der Waals surface area (Å²) in [5.41, 5.74) is 2.19. The van der Waals surface area contributed by atoms with Crippen LogP contribution in [0.4, 0.5) is 0 Å². The van der Waals surface area contributed by atoms with Crippen LogP contribution in [-0.4, -0.2) is 25.5 Å². The zero-order valence-electron chi connectivity index (χ0n) is 13.8. The number of nitrogens with one attached hydrogen (secondary N) is 1. The molecular weight excluding hydrogens is 282 g/mol. The Morgan fingerprint density at radius 1 is 1.14 bits per heavy atom. The van der Waals surface area contributed by atoms with Crippen LogP contribution in [0.2, 0.25) is 0 Å². The molecule has 0 aromatic carbocycles. The second-order valence-electron chi connectivity index (χ2n) is 7.41. The summed E-state index contributed by atoms with van der Waals surface area (Å²) in [4.78, 5) is 4.69. The fourth-order valence-electron chi connectivity index (χ4n) is 1.74. The summed E-state index contributed by atoms with van der Waals surface area (Å²) in [6, 6.07) is 0. The summed E-state index contributed by atoms with van der Waals surface area (Å²) in [7, 11) is 0. The maximum Gasteiger partial charge on any atom is 0.0982 e. The van der Waals surface area contributed by atoms with Crippen molar-refractivity contribution in [2.75, 3.05) is 0 Å². The summed E-state index contributed by atoms with van der Waals surface area (Å²) >= 11 is 1.71. The first-order valence-electron chi connectivity index (χ1n) is 7.22. The van der Waals surface area contributed by atoms with E-state index in [1.54, 1.807) is 11.3 Å². The Kier molecular flexibility index (Phi) is 4.49. The first-order chi connectivity index (χ1) is 9.63. The quantitative estimate of drug-likeness (QED) is 0.943. The van der Waals surface area contributed by atoms with E-state index in [0.717, 1.165) is 22.9 Å². The van der Waals surface area contributed by atoms with Crippen molar-refractivity contribution < 1.29 is 0 Å². The first-order valence-corrected chi connectivity index (χ1v) is 8.10. The van der Waals surface area contributed by atoms with Gasteiger partial charge in [0.05, 0.1) is 29.1 Å². The van der Waals surface area contributed by atoms with Gasteiger partial charge in [0.15, 0.2) is 0 Å². The number of nitrogens with zero attached hydrogens (tertiary/aromatic N) is 4. The third kappa shape index (κ3) is 4.89. The molecule has 2 heterocycles. The molecule has 0 radical (unpaired) electrons. The maximum atomic E-state index is 4.69. The van der Waals surface area contributed by atoms with Gasteiger partial charge >= 0.3 is 0 Å². The SMILES string of the molecule is CC(C)(C)NCc1cn(Cc2csc(C(C)(C)C)n2)nn1. The van der Waals surface area contributed by atoms with E-state index in [-0.39, 0.29) is 11.0 Å². The summed E-state index contributed by atoms with van der Waals surface area (Å²) in [5, 5.41) is 15.0. The van der Waals surface area contributed by atoms with E-state index >= 15 is 0 Å². The van der Waals surface area contributed by atoms with Crippen molar-refractivity contribution in [3.63, 3.8) is 0 Å². The second-order valence-corrected chi connectivity index (χ2v) is 8.26. The lowest BCUT2D eigenvalue weighted by atomic mass is 9.98. The van der Waals surface area contributed by atoms with Gasteiger partial charge < -0.3 is 5.32 Å². The third-order valence-corrected chi connectivity index (χ3v) is 4.22. The molecule has 2 rings (SSSR count). The fraction of sp³-hybridized carbons (Fsp3) is 0.667. The van der Waals surface area contributed by atoms with E-state index in [9.17, 15) is 0 Å². The van der Waals surface area contributed by atoms with Gasteiger partial charge in [0.25, 0.3) is 0 Å². The number of thiazole rings is 1. The molecule has 2 aromatic rings. The van der Waals surface area contributed by atoms with Gasteiger partial charge in [-0.05, 0) is 20.8 Å². The highest BCUT2D eigenvalue weighted by molar-refractivity contribution is 7.09. The average Bonchev–Trinajstić information content (AvgIpc) is 2.94. The van der Waals surface area contributed by atoms with Gasteiger partial charge in [0.2, 0.25) is 0 Å². The minimum atomic E-state index is 0.0836. The Bertz CT molecular complexity index is 586. The Morgan fingerprint density at radius 3 is 2.43 bits per heavy atom. The molecule has 21 heavy (non-hydrogen) atoms. The molecule has 0 amide bonds. The van der Waals surface area contributed by atoms with E-state index in [4.69, 9.17) is 0 Å². The second kappa shape index (κ2) is 5.85. The highest BCUT2D eigenvalue weighted by atomic mass is 32.1. The number of hydrogen-bond acceptors (Lipinski definition) is 5. The maximum absolute atomic E-state index is 4.69. The summed E-state index contributed by atoms with van der Waals surface area (Å²) < 4.78 is 1.85. The molecule has 0 fully saturated rings. The van der Waals surface area contributed by atoms with E-state index in [0.29, 0.717) is 6.54 Å². The monoisotopic (exact) mass is 307 g/mol. The molecule has 0 aliphatic carbocycles. The fourth-order valence-corrected chi connectivity index (χ4v) is 2.64. The Hall–Kier alpha value is -1.27. The van der Waals surface area contributed by atoms with Gasteiger partial charge in [-0.25, -0.2) is 9.67 Å². The molecule has 0 aliphatic rings. The first kappa shape index (κ1) is 16.1. The van der Waals surface area contributed by atoms with Gasteiger partial charge in [-0.3, -0.25) is 0 Å². The highest BCUT2D eigenvalue weighted by Gasteiger charge is 2.18. The van der Waals surface area contributed by atoms with Gasteiger partial charge in [-0.1, -0.05) is 26.0 Å². The largest absolute Gasteiger partial charge is 0.306 e. The standard InChI is InChI=1S/C15H25N5S/c1-14(2,3)13-17-12(10-21-13)9-20-8-11(18-19-20)7-16-15(4,5)6/h8,10,16H,7,9H2,1-6H3. The van der Waals surface area contributed by atoms with Crippen molar-refractivity contribution in [2.24, 2.45) is 0 Å². The van der Waals surface area contributed by atoms with Gasteiger partial charge in [-0.2, -0.15) is 0 Å². The number of hydrogen-bond donors (Lipinski definition) is 1. The molecule has 0 aliphatic heterocycles. The van der Waals surface area contributed by atoms with Gasteiger partial charge in [0, 0.05) is 22.9 Å². The van der Waals surface area contributed by atoms with Crippen LogP contribution in [0.5, 0.6) is 0 Å². The Morgan fingerprint density at radius 2 is 1.86 bits per heavy atom. The van der Waals surface area contributed by atoms with Crippen LogP contribution in [0.1, 0.15) is 57.9 Å². The van der Waals surface area contributed by atoms with Crippen LogP contribution in [0.15, 0.2) is 11.6 Å². The minimum absolute atomic E-state index is 0.0836. The smallest absolute Gasteiger partial charge is 0.0982 e. The van der Waals surface area contributed by atoms with Crippen LogP contribution in [0, 0.1) is 0 Å². The number of rotatable bonds is 4. The van der Waals surface area contributed by atoms with Gasteiger partial charge in [0.1, 0.15) is 0 Å². The molecule has 0 atom stereocenters. The normalized spacial score (nSPS) is 12.9.